The number of aromatic hydroxyl groups is 1. The van der Waals surface area contributed by atoms with Gasteiger partial charge in [-0.15, -0.1) is 0 Å². The molecule has 0 fully saturated rings. The Morgan fingerprint density at radius 2 is 1.25 bits per heavy atom. The molecule has 0 spiro atoms. The lowest BCUT2D eigenvalue weighted by Gasteiger charge is -2.06. The van der Waals surface area contributed by atoms with Crippen LogP contribution in [0.15, 0.2) is 30.4 Å². The second kappa shape index (κ2) is 5.96. The van der Waals surface area contributed by atoms with E-state index in [1.807, 2.05) is 69.4 Å². The number of benzene rings is 1. The average Bonchev–Trinajstić information content (AvgIpc) is 2.26. The van der Waals surface area contributed by atoms with Crippen molar-refractivity contribution in [1.29, 1.82) is 0 Å². The fraction of sp³-hybridized carbons (Fsp3) is 0.200. The maximum atomic E-state index is 10.0. The second-order valence-corrected chi connectivity index (χ2v) is 3.55. The minimum absolute atomic E-state index is 0.337. The molecule has 84 valence electrons. The molecule has 0 aliphatic carbocycles. The first-order chi connectivity index (χ1) is 7.72. The summed E-state index contributed by atoms with van der Waals surface area (Å²) < 4.78 is 0. The highest BCUT2D eigenvalue weighted by molar-refractivity contribution is 5.71. The van der Waals surface area contributed by atoms with E-state index < -0.39 is 0 Å². The molecular weight excluding hydrogens is 196 g/mol. The zero-order valence-corrected chi connectivity index (χ0v) is 10.1. The number of phenols is 1. The molecule has 1 N–H and O–H groups in total. The topological polar surface area (TPSA) is 20.2 Å². The highest BCUT2D eigenvalue weighted by atomic mass is 16.3. The number of rotatable bonds is 3. The van der Waals surface area contributed by atoms with Crippen LogP contribution in [0.25, 0.3) is 18.2 Å². The average molecular weight is 214 g/mol. The summed E-state index contributed by atoms with van der Waals surface area (Å²) in [6, 6.07) is 3.95. The van der Waals surface area contributed by atoms with E-state index in [1.165, 1.54) is 0 Å². The zero-order valence-electron chi connectivity index (χ0n) is 10.1. The maximum Gasteiger partial charge on any atom is 0.130 e. The Morgan fingerprint density at radius 3 is 1.62 bits per heavy atom. The molecule has 0 unspecified atom stereocenters. The molecule has 0 aliphatic heterocycles. The summed E-state index contributed by atoms with van der Waals surface area (Å²) in [6.45, 7) is 5.87. The summed E-state index contributed by atoms with van der Waals surface area (Å²) in [4.78, 5) is 0. The van der Waals surface area contributed by atoms with E-state index >= 15 is 0 Å². The van der Waals surface area contributed by atoms with Crippen LogP contribution in [0.2, 0.25) is 0 Å². The van der Waals surface area contributed by atoms with Gasteiger partial charge >= 0.3 is 0 Å². The van der Waals surface area contributed by atoms with Crippen LogP contribution >= 0.6 is 0 Å². The van der Waals surface area contributed by atoms with Gasteiger partial charge in [-0.3, -0.25) is 0 Å². The highest BCUT2D eigenvalue weighted by Crippen LogP contribution is 2.27. The van der Waals surface area contributed by atoms with E-state index in [1.54, 1.807) is 0 Å². The fourth-order valence-electron chi connectivity index (χ4n) is 1.61. The lowest BCUT2D eigenvalue weighted by molar-refractivity contribution is 0.472. The molecule has 16 heavy (non-hydrogen) atoms. The Hall–Kier alpha value is -1.76. The van der Waals surface area contributed by atoms with Gasteiger partial charge < -0.3 is 5.11 Å². The van der Waals surface area contributed by atoms with E-state index in [-0.39, 0.29) is 0 Å². The van der Waals surface area contributed by atoms with Gasteiger partial charge in [0.05, 0.1) is 0 Å². The third kappa shape index (κ3) is 2.86. The van der Waals surface area contributed by atoms with Crippen LogP contribution in [0.5, 0.6) is 5.75 Å². The van der Waals surface area contributed by atoms with Crippen LogP contribution in [-0.4, -0.2) is 5.11 Å². The van der Waals surface area contributed by atoms with Gasteiger partial charge in [0.2, 0.25) is 0 Å². The third-order valence-electron chi connectivity index (χ3n) is 2.24. The Kier molecular flexibility index (Phi) is 4.59. The molecule has 0 bridgehead atoms. The third-order valence-corrected chi connectivity index (χ3v) is 2.24. The van der Waals surface area contributed by atoms with Gasteiger partial charge in [0.15, 0.2) is 0 Å². The van der Waals surface area contributed by atoms with Gasteiger partial charge in [0.1, 0.15) is 5.75 Å². The molecule has 1 heteroatoms. The first kappa shape index (κ1) is 12.3. The van der Waals surface area contributed by atoms with Crippen LogP contribution in [0.4, 0.5) is 0 Å². The largest absolute Gasteiger partial charge is 0.507 e. The van der Waals surface area contributed by atoms with Gasteiger partial charge in [0.25, 0.3) is 0 Å². The monoisotopic (exact) mass is 214 g/mol. The van der Waals surface area contributed by atoms with Crippen LogP contribution in [0.3, 0.4) is 0 Å². The molecule has 1 aromatic carbocycles. The molecule has 0 atom stereocenters. The maximum absolute atomic E-state index is 10.0. The standard InChI is InChI=1S/C15H18O/c1-4-7-12-10-13(8-5-2)15(16)14(11-12)9-6-3/h4-11,16H,1-3H3/b7-4+,8-5+,9-6+. The van der Waals surface area contributed by atoms with E-state index in [0.717, 1.165) is 16.7 Å². The van der Waals surface area contributed by atoms with Crippen LogP contribution < -0.4 is 0 Å². The number of hydrogen-bond acceptors (Lipinski definition) is 1. The molecule has 1 aromatic rings. The summed E-state index contributed by atoms with van der Waals surface area (Å²) in [5.74, 6) is 0.337. The Bertz CT molecular complexity index is 404. The molecular formula is C15H18O. The first-order valence-corrected chi connectivity index (χ1v) is 5.48. The number of phenolic OH excluding ortho intramolecular Hbond substituents is 1. The molecule has 0 amide bonds. The lowest BCUT2D eigenvalue weighted by Crippen LogP contribution is -1.84. The highest BCUT2D eigenvalue weighted by Gasteiger charge is 2.04. The van der Waals surface area contributed by atoms with Gasteiger partial charge in [0, 0.05) is 11.1 Å². The number of allylic oxidation sites excluding steroid dienone is 3. The molecule has 0 radical (unpaired) electrons. The zero-order chi connectivity index (χ0) is 12.0. The van der Waals surface area contributed by atoms with Crippen LogP contribution in [0.1, 0.15) is 37.5 Å². The molecule has 0 saturated heterocycles. The molecule has 1 rings (SSSR count). The van der Waals surface area contributed by atoms with Crippen molar-refractivity contribution in [2.75, 3.05) is 0 Å². The normalized spacial score (nSPS) is 12.2. The van der Waals surface area contributed by atoms with Crippen molar-refractivity contribution in [3.8, 4) is 5.75 Å². The summed E-state index contributed by atoms with van der Waals surface area (Å²) in [6.07, 6.45) is 11.7. The predicted octanol–water partition coefficient (Wildman–Crippen LogP) is 4.49. The fourth-order valence-corrected chi connectivity index (χ4v) is 1.61. The lowest BCUT2D eigenvalue weighted by atomic mass is 10.0. The summed E-state index contributed by atoms with van der Waals surface area (Å²) in [5, 5.41) is 10.0. The van der Waals surface area contributed by atoms with Crippen molar-refractivity contribution in [3.63, 3.8) is 0 Å². The van der Waals surface area contributed by atoms with Gasteiger partial charge in [-0.2, -0.15) is 0 Å². The van der Waals surface area contributed by atoms with Crippen molar-refractivity contribution < 1.29 is 5.11 Å². The Labute approximate surface area is 97.4 Å². The van der Waals surface area contributed by atoms with Crippen molar-refractivity contribution in [3.05, 3.63) is 47.1 Å². The smallest absolute Gasteiger partial charge is 0.130 e. The predicted molar refractivity (Wildman–Crippen MR) is 72.2 cm³/mol. The SMILES string of the molecule is C/C=C/c1cc(/C=C/C)c(O)c(/C=C/C)c1. The first-order valence-electron chi connectivity index (χ1n) is 5.48. The summed E-state index contributed by atoms with van der Waals surface area (Å²) >= 11 is 0. The van der Waals surface area contributed by atoms with Crippen molar-refractivity contribution in [2.24, 2.45) is 0 Å². The molecule has 0 saturated carbocycles. The van der Waals surface area contributed by atoms with Gasteiger partial charge in [-0.05, 0) is 38.5 Å². The van der Waals surface area contributed by atoms with E-state index in [9.17, 15) is 5.11 Å². The quantitative estimate of drug-likeness (QED) is 0.785. The summed E-state index contributed by atoms with van der Waals surface area (Å²) in [7, 11) is 0. The number of hydrogen-bond donors (Lipinski definition) is 1. The minimum atomic E-state index is 0.337. The van der Waals surface area contributed by atoms with E-state index in [2.05, 4.69) is 0 Å². The van der Waals surface area contributed by atoms with Gasteiger partial charge in [-0.25, -0.2) is 0 Å². The van der Waals surface area contributed by atoms with Crippen molar-refractivity contribution in [1.82, 2.24) is 0 Å². The van der Waals surface area contributed by atoms with Crippen molar-refractivity contribution in [2.45, 2.75) is 20.8 Å². The van der Waals surface area contributed by atoms with Crippen LogP contribution in [0, 0.1) is 0 Å². The molecule has 1 nitrogen and oxygen atoms in total. The molecule has 0 heterocycles. The minimum Gasteiger partial charge on any atom is -0.507 e. The molecule has 0 aliphatic rings. The Balaban J connectivity index is 3.37. The van der Waals surface area contributed by atoms with E-state index in [4.69, 9.17) is 0 Å². The van der Waals surface area contributed by atoms with Crippen LogP contribution in [-0.2, 0) is 0 Å². The van der Waals surface area contributed by atoms with E-state index in [0.29, 0.717) is 5.75 Å². The molecule has 0 aromatic heterocycles. The second-order valence-electron chi connectivity index (χ2n) is 3.55. The van der Waals surface area contributed by atoms with Crippen molar-refractivity contribution >= 4 is 18.2 Å². The Morgan fingerprint density at radius 1 is 0.812 bits per heavy atom. The van der Waals surface area contributed by atoms with Gasteiger partial charge in [-0.1, -0.05) is 36.5 Å². The summed E-state index contributed by atoms with van der Waals surface area (Å²) in [5.41, 5.74) is 2.80.